The van der Waals surface area contributed by atoms with E-state index in [4.69, 9.17) is 12.2 Å². The second-order valence-electron chi connectivity index (χ2n) is 3.64. The van der Waals surface area contributed by atoms with E-state index in [1.54, 1.807) is 0 Å². The first-order valence-corrected chi connectivity index (χ1v) is 5.67. The first-order valence-electron chi connectivity index (χ1n) is 5.26. The van der Waals surface area contributed by atoms with E-state index in [9.17, 15) is 0 Å². The van der Waals surface area contributed by atoms with Gasteiger partial charge in [-0.25, -0.2) is 0 Å². The molecule has 1 atom stereocenters. The molecule has 15 heavy (non-hydrogen) atoms. The maximum Gasteiger partial charge on any atom is 0.170 e. The molecule has 3 heteroatoms. The highest BCUT2D eigenvalue weighted by Gasteiger charge is 2.02. The highest BCUT2D eigenvalue weighted by Crippen LogP contribution is 2.20. The number of nitrogens with one attached hydrogen (secondary N) is 2. The van der Waals surface area contributed by atoms with E-state index in [0.29, 0.717) is 11.0 Å². The van der Waals surface area contributed by atoms with Crippen LogP contribution in [0.3, 0.4) is 0 Å². The predicted octanol–water partition coefficient (Wildman–Crippen LogP) is 3.12. The van der Waals surface area contributed by atoms with Gasteiger partial charge in [-0.3, -0.25) is 0 Å². The zero-order chi connectivity index (χ0) is 11.3. The molecule has 0 radical (unpaired) electrons. The molecule has 0 aliphatic carbocycles. The summed E-state index contributed by atoms with van der Waals surface area (Å²) < 4.78 is 0. The standard InChI is InChI=1S/C12H18N2S/c1-4-9(2)10-5-7-11(8-6-10)14-12(15)13-3/h5-9H,4H2,1-3H3,(H2,13,14,15)/t9-/m1/s1. The number of anilines is 1. The first kappa shape index (κ1) is 12.0. The van der Waals surface area contributed by atoms with Crippen LogP contribution in [-0.2, 0) is 0 Å². The Hall–Kier alpha value is -1.09. The number of hydrogen-bond donors (Lipinski definition) is 2. The number of thiocarbonyl (C=S) groups is 1. The van der Waals surface area contributed by atoms with Crippen LogP contribution in [0.15, 0.2) is 24.3 Å². The maximum atomic E-state index is 5.02. The van der Waals surface area contributed by atoms with Crippen molar-refractivity contribution in [2.75, 3.05) is 12.4 Å². The summed E-state index contributed by atoms with van der Waals surface area (Å²) in [5.74, 6) is 0.621. The van der Waals surface area contributed by atoms with Crippen LogP contribution >= 0.6 is 12.2 Å². The van der Waals surface area contributed by atoms with E-state index < -0.39 is 0 Å². The molecule has 0 fully saturated rings. The first-order chi connectivity index (χ1) is 7.17. The molecule has 0 aromatic heterocycles. The molecule has 0 amide bonds. The van der Waals surface area contributed by atoms with Gasteiger partial charge in [-0.05, 0) is 42.3 Å². The predicted molar refractivity (Wildman–Crippen MR) is 70.4 cm³/mol. The monoisotopic (exact) mass is 222 g/mol. The molecule has 0 saturated carbocycles. The highest BCUT2D eigenvalue weighted by molar-refractivity contribution is 7.80. The molecule has 82 valence electrons. The van der Waals surface area contributed by atoms with Crippen LogP contribution in [0.2, 0.25) is 0 Å². The normalized spacial score (nSPS) is 11.9. The zero-order valence-corrected chi connectivity index (χ0v) is 10.3. The van der Waals surface area contributed by atoms with Gasteiger partial charge in [-0.15, -0.1) is 0 Å². The molecular formula is C12H18N2S. The van der Waals surface area contributed by atoms with Crippen LogP contribution in [0.25, 0.3) is 0 Å². The molecule has 2 N–H and O–H groups in total. The third-order valence-electron chi connectivity index (χ3n) is 2.58. The minimum atomic E-state index is 0.621. The van der Waals surface area contributed by atoms with Crippen molar-refractivity contribution < 1.29 is 0 Å². The molecule has 0 heterocycles. The Labute approximate surface area is 97.1 Å². The van der Waals surface area contributed by atoms with Crippen molar-refractivity contribution in [1.82, 2.24) is 5.32 Å². The van der Waals surface area contributed by atoms with E-state index in [0.717, 1.165) is 5.69 Å². The van der Waals surface area contributed by atoms with Gasteiger partial charge in [0.2, 0.25) is 0 Å². The van der Waals surface area contributed by atoms with Crippen molar-refractivity contribution in [1.29, 1.82) is 0 Å². The number of rotatable bonds is 3. The fourth-order valence-electron chi connectivity index (χ4n) is 1.32. The van der Waals surface area contributed by atoms with Crippen molar-refractivity contribution in [3.63, 3.8) is 0 Å². The molecule has 0 aliphatic heterocycles. The third-order valence-corrected chi connectivity index (χ3v) is 2.88. The van der Waals surface area contributed by atoms with E-state index in [1.807, 2.05) is 7.05 Å². The van der Waals surface area contributed by atoms with Crippen LogP contribution in [-0.4, -0.2) is 12.2 Å². The lowest BCUT2D eigenvalue weighted by molar-refractivity contribution is 0.734. The lowest BCUT2D eigenvalue weighted by Gasteiger charge is -2.11. The average Bonchev–Trinajstić information content (AvgIpc) is 2.29. The van der Waals surface area contributed by atoms with Gasteiger partial charge in [0, 0.05) is 12.7 Å². The van der Waals surface area contributed by atoms with Crippen molar-refractivity contribution in [2.24, 2.45) is 0 Å². The molecule has 1 aromatic rings. The molecular weight excluding hydrogens is 204 g/mol. The number of benzene rings is 1. The SMILES string of the molecule is CC[C@@H](C)c1ccc(NC(=S)NC)cc1. The summed E-state index contributed by atoms with van der Waals surface area (Å²) in [6.45, 7) is 4.44. The summed E-state index contributed by atoms with van der Waals surface area (Å²) in [5.41, 5.74) is 2.40. The van der Waals surface area contributed by atoms with Gasteiger partial charge < -0.3 is 10.6 Å². The summed E-state index contributed by atoms with van der Waals surface area (Å²) in [6.07, 6.45) is 1.17. The zero-order valence-electron chi connectivity index (χ0n) is 9.50. The lowest BCUT2D eigenvalue weighted by atomic mass is 9.99. The second kappa shape index (κ2) is 5.71. The van der Waals surface area contributed by atoms with Crippen LogP contribution in [0, 0.1) is 0 Å². The van der Waals surface area contributed by atoms with E-state index in [2.05, 4.69) is 48.7 Å². The quantitative estimate of drug-likeness (QED) is 0.768. The van der Waals surface area contributed by atoms with Gasteiger partial charge in [0.15, 0.2) is 5.11 Å². The Kier molecular flexibility index (Phi) is 4.56. The third kappa shape index (κ3) is 3.51. The fraction of sp³-hybridized carbons (Fsp3) is 0.417. The van der Waals surface area contributed by atoms with Gasteiger partial charge in [0.05, 0.1) is 0 Å². The van der Waals surface area contributed by atoms with Gasteiger partial charge in [-0.2, -0.15) is 0 Å². The largest absolute Gasteiger partial charge is 0.366 e. The molecule has 1 aromatic carbocycles. The van der Waals surface area contributed by atoms with E-state index in [1.165, 1.54) is 12.0 Å². The molecule has 0 bridgehead atoms. The Balaban J connectivity index is 2.68. The van der Waals surface area contributed by atoms with Crippen LogP contribution in [0.4, 0.5) is 5.69 Å². The summed E-state index contributed by atoms with van der Waals surface area (Å²) in [5, 5.41) is 6.62. The van der Waals surface area contributed by atoms with E-state index in [-0.39, 0.29) is 0 Å². The van der Waals surface area contributed by atoms with Gasteiger partial charge in [-0.1, -0.05) is 26.0 Å². The van der Waals surface area contributed by atoms with Crippen molar-refractivity contribution in [3.8, 4) is 0 Å². The van der Waals surface area contributed by atoms with Crippen molar-refractivity contribution in [2.45, 2.75) is 26.2 Å². The highest BCUT2D eigenvalue weighted by atomic mass is 32.1. The summed E-state index contributed by atoms with van der Waals surface area (Å²) in [6, 6.07) is 8.42. The van der Waals surface area contributed by atoms with Crippen LogP contribution in [0.1, 0.15) is 31.7 Å². The van der Waals surface area contributed by atoms with Gasteiger partial charge >= 0.3 is 0 Å². The lowest BCUT2D eigenvalue weighted by Crippen LogP contribution is -2.24. The van der Waals surface area contributed by atoms with Gasteiger partial charge in [0.25, 0.3) is 0 Å². The number of hydrogen-bond acceptors (Lipinski definition) is 1. The summed E-state index contributed by atoms with van der Waals surface area (Å²) in [4.78, 5) is 0. The van der Waals surface area contributed by atoms with Gasteiger partial charge in [0.1, 0.15) is 0 Å². The Morgan fingerprint density at radius 2 is 1.93 bits per heavy atom. The molecule has 0 aliphatic rings. The van der Waals surface area contributed by atoms with Crippen molar-refractivity contribution >= 4 is 23.0 Å². The van der Waals surface area contributed by atoms with Crippen LogP contribution in [0.5, 0.6) is 0 Å². The van der Waals surface area contributed by atoms with Crippen molar-refractivity contribution in [3.05, 3.63) is 29.8 Å². The molecule has 1 rings (SSSR count). The fourth-order valence-corrected chi connectivity index (χ4v) is 1.44. The maximum absolute atomic E-state index is 5.02. The van der Waals surface area contributed by atoms with Crippen LogP contribution < -0.4 is 10.6 Å². The Bertz CT molecular complexity index is 319. The Morgan fingerprint density at radius 1 is 1.33 bits per heavy atom. The topological polar surface area (TPSA) is 24.1 Å². The summed E-state index contributed by atoms with van der Waals surface area (Å²) >= 11 is 5.02. The minimum Gasteiger partial charge on any atom is -0.366 e. The van der Waals surface area contributed by atoms with E-state index >= 15 is 0 Å². The molecule has 0 unspecified atom stereocenters. The average molecular weight is 222 g/mol. The summed E-state index contributed by atoms with van der Waals surface area (Å²) in [7, 11) is 1.81. The molecule has 2 nitrogen and oxygen atoms in total. The molecule has 0 spiro atoms. The second-order valence-corrected chi connectivity index (χ2v) is 4.04. The Morgan fingerprint density at radius 3 is 2.40 bits per heavy atom. The molecule has 0 saturated heterocycles. The smallest absolute Gasteiger partial charge is 0.170 e. The minimum absolute atomic E-state index is 0.621.